The van der Waals surface area contributed by atoms with E-state index in [-0.39, 0.29) is 43.3 Å². The third kappa shape index (κ3) is 3.82. The van der Waals surface area contributed by atoms with Crippen LogP contribution in [-0.4, -0.2) is 77.2 Å². The predicted molar refractivity (Wildman–Crippen MR) is 76.9 cm³/mol. The number of carbonyl (C=O) groups is 4. The molecule has 0 aromatic heterocycles. The summed E-state index contributed by atoms with van der Waals surface area (Å²) in [5.74, 6) is -1.45. The zero-order valence-electron chi connectivity index (χ0n) is 13.9. The molecule has 2 heterocycles. The van der Waals surface area contributed by atoms with Gasteiger partial charge in [0.05, 0.1) is 0 Å². The fourth-order valence-corrected chi connectivity index (χ4v) is 3.50. The van der Waals surface area contributed by atoms with E-state index in [1.54, 1.807) is 0 Å². The molecule has 0 aliphatic carbocycles. The van der Waals surface area contributed by atoms with Gasteiger partial charge in [-0.3, -0.25) is 14.5 Å². The number of carboxylic acid groups (broad SMARTS) is 1. The monoisotopic (exact) mass is 353 g/mol. The summed E-state index contributed by atoms with van der Waals surface area (Å²) in [5.41, 5.74) is 0.172. The molecule has 2 N–H and O–H groups in total. The van der Waals surface area contributed by atoms with Crippen LogP contribution in [0, 0.1) is 0 Å². The minimum Gasteiger partial charge on any atom is -1.00 e. The van der Waals surface area contributed by atoms with Gasteiger partial charge in [0.1, 0.15) is 23.7 Å². The van der Waals surface area contributed by atoms with Crippen molar-refractivity contribution >= 4 is 36.1 Å². The minimum atomic E-state index is -1.26. The molecule has 9 nitrogen and oxygen atoms in total. The molecule has 1 unspecified atom stereocenters. The summed E-state index contributed by atoms with van der Waals surface area (Å²) in [6.45, 7) is -0.200. The van der Waals surface area contributed by atoms with Crippen LogP contribution in [0.15, 0.2) is 11.3 Å². The van der Waals surface area contributed by atoms with Crippen LogP contribution in [0.25, 0.3) is 0 Å². The van der Waals surface area contributed by atoms with E-state index in [1.165, 1.54) is 30.8 Å². The number of nitrogens with zero attached hydrogens (tertiary/aromatic N) is 2. The number of carboxylic acids is 1. The van der Waals surface area contributed by atoms with E-state index in [4.69, 9.17) is 4.74 Å². The Labute approximate surface area is 160 Å². The maximum Gasteiger partial charge on any atom is 1.00 e. The van der Waals surface area contributed by atoms with E-state index in [0.717, 1.165) is 4.90 Å². The first-order valence-electron chi connectivity index (χ1n) is 6.32. The van der Waals surface area contributed by atoms with E-state index >= 15 is 0 Å². The number of nitrogens with one attached hydrogen (secondary N) is 1. The zero-order valence-corrected chi connectivity index (χ0v) is 15.8. The predicted octanol–water partition coefficient (Wildman–Crippen LogP) is -3.83. The fourth-order valence-electron chi connectivity index (χ4n) is 2.17. The Bertz CT molecular complexity index is 573. The van der Waals surface area contributed by atoms with Crippen molar-refractivity contribution < 1.29 is 60.0 Å². The van der Waals surface area contributed by atoms with Gasteiger partial charge in [-0.15, -0.1) is 11.8 Å². The van der Waals surface area contributed by atoms with Crippen LogP contribution in [0.4, 0.5) is 4.79 Å². The van der Waals surface area contributed by atoms with E-state index in [9.17, 15) is 24.3 Å². The second-order valence-corrected chi connectivity index (χ2v) is 5.98. The Morgan fingerprint density at radius 2 is 2.22 bits per heavy atom. The number of fused-ring (bicyclic) bond motifs is 1. The number of hydrogen-bond donors (Lipinski definition) is 2. The van der Waals surface area contributed by atoms with Gasteiger partial charge in [-0.2, -0.15) is 0 Å². The average molecular weight is 353 g/mol. The first-order chi connectivity index (χ1) is 10.4. The topological polar surface area (TPSA) is 116 Å². The molecule has 0 aromatic rings. The Balaban J connectivity index is 0.00000264. The number of thioether (sulfide) groups is 1. The van der Waals surface area contributed by atoms with Crippen LogP contribution in [0.3, 0.4) is 0 Å². The van der Waals surface area contributed by atoms with Crippen molar-refractivity contribution in [3.63, 3.8) is 0 Å². The first kappa shape index (κ1) is 19.8. The Kier molecular flexibility index (Phi) is 6.93. The van der Waals surface area contributed by atoms with Crippen LogP contribution < -0.4 is 34.9 Å². The summed E-state index contributed by atoms with van der Waals surface area (Å²) in [7, 11) is 3.02. The van der Waals surface area contributed by atoms with E-state index < -0.39 is 29.4 Å². The number of amides is 3. The van der Waals surface area contributed by atoms with Crippen LogP contribution in [0.2, 0.25) is 0 Å². The maximum absolute atomic E-state index is 12.0. The summed E-state index contributed by atoms with van der Waals surface area (Å²) in [6.07, 6.45) is -0.182. The van der Waals surface area contributed by atoms with Gasteiger partial charge in [0.2, 0.25) is 6.41 Å². The molecule has 0 radical (unpaired) electrons. The fraction of sp³-hybridized carbons (Fsp3) is 0.500. The first-order valence-corrected chi connectivity index (χ1v) is 7.37. The largest absolute Gasteiger partial charge is 1.00 e. The van der Waals surface area contributed by atoms with Gasteiger partial charge < -0.3 is 21.5 Å². The Morgan fingerprint density at radius 1 is 1.57 bits per heavy atom. The quantitative estimate of drug-likeness (QED) is 0.295. The molecule has 2 aliphatic rings. The van der Waals surface area contributed by atoms with Crippen molar-refractivity contribution in [1.29, 1.82) is 0 Å². The number of ether oxygens (including phenoxy) is 1. The molecule has 2 aliphatic heterocycles. The number of β-lactam (4-membered cyclic amide) rings is 1. The van der Waals surface area contributed by atoms with Crippen LogP contribution in [0.5, 0.6) is 0 Å². The van der Waals surface area contributed by atoms with Crippen molar-refractivity contribution in [3.8, 4) is 0 Å². The van der Waals surface area contributed by atoms with Gasteiger partial charge in [0.25, 0.3) is 5.91 Å². The van der Waals surface area contributed by atoms with Crippen molar-refractivity contribution in [1.82, 2.24) is 15.1 Å². The van der Waals surface area contributed by atoms with Crippen LogP contribution in [-0.2, 0) is 19.1 Å². The number of carbonyl (C=O) groups excluding carboxylic acids is 3. The van der Waals surface area contributed by atoms with E-state index in [0.29, 0.717) is 17.7 Å². The Hall–Kier alpha value is -1.23. The zero-order chi connectivity index (χ0) is 16.4. The summed E-state index contributed by atoms with van der Waals surface area (Å²) in [5, 5.41) is 11.3. The van der Waals surface area contributed by atoms with Gasteiger partial charge >= 0.3 is 41.6 Å². The standard InChI is InChI=1S/C12H15N3O6S.Na.H/c1-14(2)12(20)21-3-6-4-22-10-7(13-5-16)9(17)15(10)8(6)11(18)19;;/h5,7,10H,3-4H2,1-2H3,(H,13,16)(H,18,19);;/q;+1;-1/t7?,10-;;/m1../s1. The number of aliphatic carboxylic acids is 1. The molecule has 1 fully saturated rings. The summed E-state index contributed by atoms with van der Waals surface area (Å²) in [4.78, 5) is 47.6. The summed E-state index contributed by atoms with van der Waals surface area (Å²) >= 11 is 1.31. The molecule has 1 saturated heterocycles. The molecule has 2 atom stereocenters. The number of hydrogen-bond acceptors (Lipinski definition) is 6. The molecule has 0 bridgehead atoms. The second-order valence-electron chi connectivity index (χ2n) is 4.88. The van der Waals surface area contributed by atoms with Gasteiger partial charge in [-0.1, -0.05) is 0 Å². The summed E-state index contributed by atoms with van der Waals surface area (Å²) < 4.78 is 4.98. The molecule has 0 saturated carbocycles. The van der Waals surface area contributed by atoms with Gasteiger partial charge in [0, 0.05) is 25.4 Å². The van der Waals surface area contributed by atoms with Crippen molar-refractivity contribution in [2.75, 3.05) is 26.5 Å². The minimum absolute atomic E-state index is 0. The van der Waals surface area contributed by atoms with Gasteiger partial charge in [0.15, 0.2) is 0 Å². The molecule has 3 amide bonds. The smallest absolute Gasteiger partial charge is 1.00 e. The van der Waals surface area contributed by atoms with E-state index in [2.05, 4.69) is 5.32 Å². The molecular formula is C12H16N3NaO6S. The molecule has 23 heavy (non-hydrogen) atoms. The molecule has 2 rings (SSSR count). The average Bonchev–Trinajstić information content (AvgIpc) is 2.48. The third-order valence-corrected chi connectivity index (χ3v) is 4.57. The number of rotatable bonds is 5. The van der Waals surface area contributed by atoms with E-state index in [1.807, 2.05) is 0 Å². The van der Waals surface area contributed by atoms with Crippen molar-refractivity contribution in [3.05, 3.63) is 11.3 Å². The normalized spacial score (nSPS) is 22.3. The molecule has 0 spiro atoms. The summed E-state index contributed by atoms with van der Waals surface area (Å²) in [6, 6.07) is -0.720. The molecular weight excluding hydrogens is 337 g/mol. The molecule has 11 heteroatoms. The second kappa shape index (κ2) is 8.04. The van der Waals surface area contributed by atoms with Crippen LogP contribution in [0.1, 0.15) is 1.43 Å². The molecule has 0 aromatic carbocycles. The van der Waals surface area contributed by atoms with Crippen molar-refractivity contribution in [2.45, 2.75) is 11.4 Å². The Morgan fingerprint density at radius 3 is 2.74 bits per heavy atom. The van der Waals surface area contributed by atoms with Gasteiger partial charge in [-0.05, 0) is 0 Å². The SMILES string of the molecule is CN(C)C(=O)OCC1=C(C(=O)O)N2C(=O)C(NC=O)[C@H]2SC1.[H-].[Na+]. The molecule has 122 valence electrons. The third-order valence-electron chi connectivity index (χ3n) is 3.23. The van der Waals surface area contributed by atoms with Crippen molar-refractivity contribution in [2.24, 2.45) is 0 Å². The maximum atomic E-state index is 12.0. The van der Waals surface area contributed by atoms with Crippen LogP contribution >= 0.6 is 11.8 Å². The van der Waals surface area contributed by atoms with Gasteiger partial charge in [-0.25, -0.2) is 9.59 Å².